The number of hydrogen-bond acceptors (Lipinski definition) is 4. The standard InChI is InChI=1S/C9H15NO3S/c1-8-9(4-6-13-8)14(11,12)7-3-2-5-10/h8-9H,2-4,6-7H2,1H3/t8-,9-/m1/s1. The van der Waals surface area contributed by atoms with Gasteiger partial charge in [-0.25, -0.2) is 8.42 Å². The molecule has 1 heterocycles. The molecule has 80 valence electrons. The van der Waals surface area contributed by atoms with Crippen LogP contribution in [0.4, 0.5) is 0 Å². The lowest BCUT2D eigenvalue weighted by Gasteiger charge is -2.14. The van der Waals surface area contributed by atoms with Crippen LogP contribution in [0.15, 0.2) is 0 Å². The molecule has 1 aliphatic rings. The van der Waals surface area contributed by atoms with Gasteiger partial charge >= 0.3 is 0 Å². The van der Waals surface area contributed by atoms with Gasteiger partial charge in [-0.05, 0) is 19.8 Å². The van der Waals surface area contributed by atoms with E-state index in [-0.39, 0.29) is 17.1 Å². The van der Waals surface area contributed by atoms with Crippen LogP contribution in [0.3, 0.4) is 0 Å². The first-order chi connectivity index (χ1) is 6.58. The normalized spacial score (nSPS) is 27.4. The van der Waals surface area contributed by atoms with Crippen molar-refractivity contribution < 1.29 is 13.2 Å². The summed E-state index contributed by atoms with van der Waals surface area (Å²) >= 11 is 0. The Balaban J connectivity index is 2.53. The number of unbranched alkanes of at least 4 members (excludes halogenated alkanes) is 1. The van der Waals surface area contributed by atoms with Gasteiger partial charge in [0.05, 0.1) is 23.2 Å². The van der Waals surface area contributed by atoms with Gasteiger partial charge in [0.1, 0.15) is 0 Å². The van der Waals surface area contributed by atoms with Crippen LogP contribution < -0.4 is 0 Å². The summed E-state index contributed by atoms with van der Waals surface area (Å²) in [4.78, 5) is 0. The zero-order valence-corrected chi connectivity index (χ0v) is 9.09. The van der Waals surface area contributed by atoms with Crippen molar-refractivity contribution in [3.63, 3.8) is 0 Å². The van der Waals surface area contributed by atoms with Crippen molar-refractivity contribution in [2.75, 3.05) is 12.4 Å². The van der Waals surface area contributed by atoms with Crippen molar-refractivity contribution in [2.24, 2.45) is 0 Å². The Hall–Kier alpha value is -0.600. The summed E-state index contributed by atoms with van der Waals surface area (Å²) in [6.07, 6.45) is 1.14. The molecule has 1 aliphatic heterocycles. The van der Waals surface area contributed by atoms with Crippen LogP contribution in [0, 0.1) is 11.3 Å². The highest BCUT2D eigenvalue weighted by Crippen LogP contribution is 2.22. The molecular weight excluding hydrogens is 202 g/mol. The molecule has 1 rings (SSSR count). The Bertz CT molecular complexity index is 317. The topological polar surface area (TPSA) is 67.2 Å². The third kappa shape index (κ3) is 2.69. The fraction of sp³-hybridized carbons (Fsp3) is 0.889. The molecule has 0 unspecified atom stereocenters. The molecule has 0 saturated carbocycles. The van der Waals surface area contributed by atoms with Crippen molar-refractivity contribution >= 4 is 9.84 Å². The Morgan fingerprint density at radius 3 is 2.79 bits per heavy atom. The number of nitriles is 1. The molecule has 5 heteroatoms. The smallest absolute Gasteiger partial charge is 0.155 e. The highest BCUT2D eigenvalue weighted by Gasteiger charge is 2.34. The van der Waals surface area contributed by atoms with E-state index in [1.54, 1.807) is 6.92 Å². The predicted molar refractivity (Wildman–Crippen MR) is 52.5 cm³/mol. The number of ether oxygens (including phenoxy) is 1. The van der Waals surface area contributed by atoms with Crippen LogP contribution in [0.5, 0.6) is 0 Å². The number of rotatable bonds is 4. The molecule has 14 heavy (non-hydrogen) atoms. The lowest BCUT2D eigenvalue weighted by atomic mass is 10.3. The van der Waals surface area contributed by atoms with Gasteiger partial charge in [0, 0.05) is 13.0 Å². The molecule has 2 atom stereocenters. The third-order valence-electron chi connectivity index (χ3n) is 2.49. The molecule has 0 bridgehead atoms. The average Bonchev–Trinajstić information content (AvgIpc) is 2.52. The summed E-state index contributed by atoms with van der Waals surface area (Å²) in [5.74, 6) is 0.110. The average molecular weight is 217 g/mol. The Morgan fingerprint density at radius 1 is 1.57 bits per heavy atom. The molecule has 0 aromatic carbocycles. The van der Waals surface area contributed by atoms with E-state index >= 15 is 0 Å². The fourth-order valence-electron chi connectivity index (χ4n) is 1.69. The quantitative estimate of drug-likeness (QED) is 0.656. The van der Waals surface area contributed by atoms with Gasteiger partial charge in [0.2, 0.25) is 0 Å². The monoisotopic (exact) mass is 217 g/mol. The van der Waals surface area contributed by atoms with E-state index in [4.69, 9.17) is 10.00 Å². The molecule has 1 saturated heterocycles. The second kappa shape index (κ2) is 4.76. The van der Waals surface area contributed by atoms with Gasteiger partial charge in [0.25, 0.3) is 0 Å². The first-order valence-corrected chi connectivity index (χ1v) is 6.49. The Morgan fingerprint density at radius 2 is 2.29 bits per heavy atom. The second-order valence-electron chi connectivity index (χ2n) is 3.53. The number of nitrogens with zero attached hydrogens (tertiary/aromatic N) is 1. The molecule has 0 aromatic heterocycles. The molecule has 0 aromatic rings. The lowest BCUT2D eigenvalue weighted by molar-refractivity contribution is 0.126. The highest BCUT2D eigenvalue weighted by molar-refractivity contribution is 7.92. The van der Waals surface area contributed by atoms with Crippen LogP contribution >= 0.6 is 0 Å². The summed E-state index contributed by atoms with van der Waals surface area (Å²) in [7, 11) is -3.06. The maximum absolute atomic E-state index is 11.7. The number of hydrogen-bond donors (Lipinski definition) is 0. The lowest BCUT2D eigenvalue weighted by Crippen LogP contribution is -2.30. The summed E-state index contributed by atoms with van der Waals surface area (Å²) in [6, 6.07) is 1.95. The van der Waals surface area contributed by atoms with Gasteiger partial charge in [-0.15, -0.1) is 0 Å². The zero-order chi connectivity index (χ0) is 10.6. The molecule has 1 fully saturated rings. The first kappa shape index (κ1) is 11.5. The first-order valence-electron chi connectivity index (χ1n) is 4.78. The van der Waals surface area contributed by atoms with E-state index in [9.17, 15) is 8.42 Å². The second-order valence-corrected chi connectivity index (χ2v) is 5.87. The van der Waals surface area contributed by atoms with E-state index < -0.39 is 9.84 Å². The van der Waals surface area contributed by atoms with Crippen LogP contribution in [-0.2, 0) is 14.6 Å². The SMILES string of the molecule is C[C@H]1OCC[C@H]1S(=O)(=O)CCCC#N. The van der Waals surface area contributed by atoms with Crippen LogP contribution in [0.1, 0.15) is 26.2 Å². The molecular formula is C9H15NO3S. The highest BCUT2D eigenvalue weighted by atomic mass is 32.2. The maximum atomic E-state index is 11.7. The van der Waals surface area contributed by atoms with E-state index in [2.05, 4.69) is 0 Å². The Kier molecular flexibility index (Phi) is 3.90. The number of sulfone groups is 1. The summed E-state index contributed by atoms with van der Waals surface area (Å²) in [6.45, 7) is 2.32. The van der Waals surface area contributed by atoms with Gasteiger partial charge in [-0.2, -0.15) is 5.26 Å². The largest absolute Gasteiger partial charge is 0.377 e. The van der Waals surface area contributed by atoms with Crippen molar-refractivity contribution in [2.45, 2.75) is 37.5 Å². The molecule has 0 N–H and O–H groups in total. The zero-order valence-electron chi connectivity index (χ0n) is 8.27. The van der Waals surface area contributed by atoms with Crippen LogP contribution in [-0.4, -0.2) is 32.1 Å². The van der Waals surface area contributed by atoms with Gasteiger partial charge in [0.15, 0.2) is 9.84 Å². The van der Waals surface area contributed by atoms with Crippen molar-refractivity contribution in [1.82, 2.24) is 0 Å². The summed E-state index contributed by atoms with van der Waals surface area (Å²) in [5, 5.41) is 7.95. The molecule has 0 amide bonds. The van der Waals surface area contributed by atoms with Crippen LogP contribution in [0.2, 0.25) is 0 Å². The minimum absolute atomic E-state index is 0.110. The third-order valence-corrected chi connectivity index (χ3v) is 4.88. The van der Waals surface area contributed by atoms with Crippen molar-refractivity contribution in [3.8, 4) is 6.07 Å². The van der Waals surface area contributed by atoms with Crippen LogP contribution in [0.25, 0.3) is 0 Å². The maximum Gasteiger partial charge on any atom is 0.155 e. The Labute approximate surface area is 84.8 Å². The molecule has 0 aliphatic carbocycles. The van der Waals surface area contributed by atoms with Gasteiger partial charge < -0.3 is 4.74 Å². The molecule has 4 nitrogen and oxygen atoms in total. The van der Waals surface area contributed by atoms with E-state index in [0.29, 0.717) is 25.9 Å². The van der Waals surface area contributed by atoms with Gasteiger partial charge in [-0.1, -0.05) is 0 Å². The summed E-state index contributed by atoms with van der Waals surface area (Å²) < 4.78 is 28.7. The summed E-state index contributed by atoms with van der Waals surface area (Å²) in [5.41, 5.74) is 0. The van der Waals surface area contributed by atoms with Crippen molar-refractivity contribution in [3.05, 3.63) is 0 Å². The van der Waals surface area contributed by atoms with E-state index in [1.807, 2.05) is 6.07 Å². The van der Waals surface area contributed by atoms with E-state index in [1.165, 1.54) is 0 Å². The predicted octanol–water partition coefficient (Wildman–Crippen LogP) is 0.882. The van der Waals surface area contributed by atoms with E-state index in [0.717, 1.165) is 0 Å². The van der Waals surface area contributed by atoms with Gasteiger partial charge in [-0.3, -0.25) is 0 Å². The van der Waals surface area contributed by atoms with Crippen molar-refractivity contribution in [1.29, 1.82) is 5.26 Å². The fourth-order valence-corrected chi connectivity index (χ4v) is 3.65. The minimum Gasteiger partial charge on any atom is -0.377 e. The minimum atomic E-state index is -3.06. The molecule has 0 spiro atoms. The molecule has 0 radical (unpaired) electrons.